The van der Waals surface area contributed by atoms with Gasteiger partial charge in [-0.3, -0.25) is 4.68 Å². The molecule has 1 N–H and O–H groups in total. The molecule has 1 heterocycles. The summed E-state index contributed by atoms with van der Waals surface area (Å²) in [6.07, 6.45) is 2.52. The maximum atomic E-state index is 6.31. The van der Waals surface area contributed by atoms with Crippen molar-refractivity contribution in [3.63, 3.8) is 0 Å². The molecule has 0 saturated heterocycles. The minimum atomic E-state index is 0.494. The molecule has 1 aromatic carbocycles. The van der Waals surface area contributed by atoms with Gasteiger partial charge in [0.1, 0.15) is 12.4 Å². The summed E-state index contributed by atoms with van der Waals surface area (Å²) in [6, 6.07) is 8.49. The van der Waals surface area contributed by atoms with Gasteiger partial charge in [0.05, 0.1) is 11.4 Å². The number of ether oxygens (including phenoxy) is 1. The third-order valence-electron chi connectivity index (χ3n) is 3.70. The number of hydrogen-bond donors (Lipinski definition) is 1. The van der Waals surface area contributed by atoms with Gasteiger partial charge in [-0.05, 0) is 38.0 Å². The van der Waals surface area contributed by atoms with Gasteiger partial charge >= 0.3 is 0 Å². The summed E-state index contributed by atoms with van der Waals surface area (Å²) >= 11 is 6.31. The molecular weight excluding hydrogens is 286 g/mol. The fraction of sp³-hybridized carbons (Fsp3) is 0.438. The van der Waals surface area contributed by atoms with Crippen LogP contribution in [-0.4, -0.2) is 15.8 Å². The molecule has 4 nitrogen and oxygen atoms in total. The van der Waals surface area contributed by atoms with E-state index in [1.54, 1.807) is 0 Å². The Hall–Kier alpha value is -1.52. The van der Waals surface area contributed by atoms with E-state index in [9.17, 15) is 0 Å². The zero-order valence-corrected chi connectivity index (χ0v) is 13.2. The van der Waals surface area contributed by atoms with Crippen LogP contribution in [0.4, 0.5) is 0 Å². The Bertz CT molecular complexity index is 634. The van der Waals surface area contributed by atoms with Gasteiger partial charge in [0.25, 0.3) is 0 Å². The van der Waals surface area contributed by atoms with E-state index >= 15 is 0 Å². The van der Waals surface area contributed by atoms with Crippen molar-refractivity contribution in [1.82, 2.24) is 15.1 Å². The average Bonchev–Trinajstić information content (AvgIpc) is 3.21. The van der Waals surface area contributed by atoms with Crippen LogP contribution in [0.3, 0.4) is 0 Å². The van der Waals surface area contributed by atoms with Crippen molar-refractivity contribution >= 4 is 11.6 Å². The lowest BCUT2D eigenvalue weighted by Crippen LogP contribution is -2.16. The van der Waals surface area contributed by atoms with Crippen LogP contribution in [0, 0.1) is 6.92 Å². The Morgan fingerprint density at radius 1 is 1.43 bits per heavy atom. The lowest BCUT2D eigenvalue weighted by Gasteiger charge is -2.13. The molecule has 2 aromatic rings. The number of aromatic nitrogens is 2. The molecule has 1 aliphatic rings. The number of rotatable bonds is 6. The van der Waals surface area contributed by atoms with Crippen molar-refractivity contribution in [3.05, 3.63) is 46.2 Å². The van der Waals surface area contributed by atoms with Gasteiger partial charge in [-0.15, -0.1) is 0 Å². The molecule has 0 radical (unpaired) electrons. The van der Waals surface area contributed by atoms with Gasteiger partial charge < -0.3 is 10.1 Å². The molecule has 3 rings (SSSR count). The second-order valence-corrected chi connectivity index (χ2v) is 5.97. The van der Waals surface area contributed by atoms with E-state index in [4.69, 9.17) is 16.3 Å². The molecule has 1 saturated carbocycles. The Morgan fingerprint density at radius 2 is 2.24 bits per heavy atom. The number of nitrogens with one attached hydrogen (secondary N) is 1. The summed E-state index contributed by atoms with van der Waals surface area (Å²) in [5.41, 5.74) is 3.08. The van der Waals surface area contributed by atoms with Crippen molar-refractivity contribution in [1.29, 1.82) is 0 Å². The molecule has 0 spiro atoms. The standard InChI is InChI=1S/C16H20ClN3O/c1-11-8-13(20(2)19-11)10-21-16-5-3-4-15(17)14(16)9-18-12-6-7-12/h3-5,8,12,18H,6-7,9-10H2,1-2H3. The molecular formula is C16H20ClN3O. The van der Waals surface area contributed by atoms with E-state index in [-0.39, 0.29) is 0 Å². The van der Waals surface area contributed by atoms with E-state index in [2.05, 4.69) is 10.4 Å². The van der Waals surface area contributed by atoms with Gasteiger partial charge in [-0.25, -0.2) is 0 Å². The molecule has 112 valence electrons. The van der Waals surface area contributed by atoms with Crippen molar-refractivity contribution in [2.75, 3.05) is 0 Å². The van der Waals surface area contributed by atoms with Crippen LogP contribution in [0.15, 0.2) is 24.3 Å². The lowest BCUT2D eigenvalue weighted by molar-refractivity contribution is 0.291. The van der Waals surface area contributed by atoms with Gasteiger partial charge in [0, 0.05) is 30.2 Å². The van der Waals surface area contributed by atoms with E-state index in [1.807, 2.05) is 42.9 Å². The van der Waals surface area contributed by atoms with Crippen LogP contribution in [0.1, 0.15) is 29.8 Å². The highest BCUT2D eigenvalue weighted by Crippen LogP contribution is 2.28. The van der Waals surface area contributed by atoms with Crippen LogP contribution in [0.2, 0.25) is 5.02 Å². The predicted octanol–water partition coefficient (Wildman–Crippen LogP) is 3.21. The molecule has 1 aliphatic carbocycles. The summed E-state index contributed by atoms with van der Waals surface area (Å²) < 4.78 is 7.81. The lowest BCUT2D eigenvalue weighted by atomic mass is 10.2. The van der Waals surface area contributed by atoms with Crippen LogP contribution in [-0.2, 0) is 20.2 Å². The molecule has 5 heteroatoms. The minimum absolute atomic E-state index is 0.494. The maximum Gasteiger partial charge on any atom is 0.130 e. The van der Waals surface area contributed by atoms with Gasteiger partial charge in [0.15, 0.2) is 0 Å². The number of hydrogen-bond acceptors (Lipinski definition) is 3. The molecule has 21 heavy (non-hydrogen) atoms. The summed E-state index contributed by atoms with van der Waals surface area (Å²) in [5, 5.41) is 8.57. The fourth-order valence-electron chi connectivity index (χ4n) is 2.33. The van der Waals surface area contributed by atoms with Gasteiger partial charge in [-0.1, -0.05) is 17.7 Å². The van der Waals surface area contributed by atoms with Crippen LogP contribution < -0.4 is 10.1 Å². The number of benzene rings is 1. The zero-order chi connectivity index (χ0) is 14.8. The first-order valence-electron chi connectivity index (χ1n) is 7.26. The zero-order valence-electron chi connectivity index (χ0n) is 12.4. The Labute approximate surface area is 130 Å². The Kier molecular flexibility index (Phi) is 4.17. The van der Waals surface area contributed by atoms with Crippen molar-refractivity contribution < 1.29 is 4.74 Å². The first-order chi connectivity index (χ1) is 10.1. The largest absolute Gasteiger partial charge is 0.487 e. The maximum absolute atomic E-state index is 6.31. The van der Waals surface area contributed by atoms with Crippen molar-refractivity contribution in [2.45, 2.75) is 39.0 Å². The second kappa shape index (κ2) is 6.08. The topological polar surface area (TPSA) is 39.1 Å². The normalized spacial score (nSPS) is 14.4. The third kappa shape index (κ3) is 3.57. The van der Waals surface area contributed by atoms with E-state index in [0.717, 1.165) is 34.3 Å². The summed E-state index contributed by atoms with van der Waals surface area (Å²) in [6.45, 7) is 3.23. The molecule has 1 fully saturated rings. The third-order valence-corrected chi connectivity index (χ3v) is 4.05. The monoisotopic (exact) mass is 305 g/mol. The Balaban J connectivity index is 1.71. The van der Waals surface area contributed by atoms with Gasteiger partial charge in [0.2, 0.25) is 0 Å². The molecule has 1 aromatic heterocycles. The molecule has 0 unspecified atom stereocenters. The quantitative estimate of drug-likeness (QED) is 0.890. The SMILES string of the molecule is Cc1cc(COc2cccc(Cl)c2CNC2CC2)n(C)n1. The summed E-state index contributed by atoms with van der Waals surface area (Å²) in [4.78, 5) is 0. The first-order valence-corrected chi connectivity index (χ1v) is 7.64. The second-order valence-electron chi connectivity index (χ2n) is 5.56. The highest BCUT2D eigenvalue weighted by atomic mass is 35.5. The van der Waals surface area contributed by atoms with Crippen LogP contribution >= 0.6 is 11.6 Å². The van der Waals surface area contributed by atoms with Crippen LogP contribution in [0.5, 0.6) is 5.75 Å². The summed E-state index contributed by atoms with van der Waals surface area (Å²) in [7, 11) is 1.93. The molecule has 0 atom stereocenters. The molecule has 0 bridgehead atoms. The fourth-order valence-corrected chi connectivity index (χ4v) is 2.56. The predicted molar refractivity (Wildman–Crippen MR) is 83.6 cm³/mol. The summed E-state index contributed by atoms with van der Waals surface area (Å²) in [5.74, 6) is 0.842. The average molecular weight is 306 g/mol. The van der Waals surface area contributed by atoms with E-state index < -0.39 is 0 Å². The van der Waals surface area contributed by atoms with Crippen LogP contribution in [0.25, 0.3) is 0 Å². The molecule has 0 amide bonds. The smallest absolute Gasteiger partial charge is 0.130 e. The first kappa shape index (κ1) is 14.4. The Morgan fingerprint density at radius 3 is 2.90 bits per heavy atom. The molecule has 0 aliphatic heterocycles. The highest BCUT2D eigenvalue weighted by Gasteiger charge is 2.21. The van der Waals surface area contributed by atoms with Gasteiger partial charge in [-0.2, -0.15) is 5.10 Å². The van der Waals surface area contributed by atoms with E-state index in [1.165, 1.54) is 12.8 Å². The van der Waals surface area contributed by atoms with E-state index in [0.29, 0.717) is 12.6 Å². The number of halogens is 1. The minimum Gasteiger partial charge on any atom is -0.487 e. The van der Waals surface area contributed by atoms with Crippen molar-refractivity contribution in [3.8, 4) is 5.75 Å². The number of aryl methyl sites for hydroxylation is 2. The number of nitrogens with zero attached hydrogens (tertiary/aromatic N) is 2. The highest BCUT2D eigenvalue weighted by molar-refractivity contribution is 6.31. The van der Waals surface area contributed by atoms with Crippen molar-refractivity contribution in [2.24, 2.45) is 7.05 Å².